The Labute approximate surface area is 87.8 Å². The van der Waals surface area contributed by atoms with Gasteiger partial charge in [-0.25, -0.2) is 4.98 Å². The Morgan fingerprint density at radius 3 is 2.64 bits per heavy atom. The van der Waals surface area contributed by atoms with Crippen LogP contribution in [0.15, 0.2) is 18.2 Å². The van der Waals surface area contributed by atoms with E-state index in [4.69, 9.17) is 5.73 Å². The van der Waals surface area contributed by atoms with Gasteiger partial charge in [0.2, 0.25) is 0 Å². The molecule has 0 aliphatic heterocycles. The van der Waals surface area contributed by atoms with Crippen LogP contribution in [0.4, 0.5) is 0 Å². The molecule has 1 aromatic carbocycles. The molecule has 3 heteroatoms. The van der Waals surface area contributed by atoms with Crippen LogP contribution in [0.2, 0.25) is 0 Å². The monoisotopic (exact) mass is 206 g/mol. The molecular weight excluding hydrogens is 192 g/mol. The largest absolute Gasteiger partial charge is 0.320 e. The maximum absolute atomic E-state index is 6.02. The molecule has 0 bridgehead atoms. The number of thiazole rings is 1. The first-order valence-electron chi connectivity index (χ1n) is 4.64. The molecule has 0 aliphatic carbocycles. The summed E-state index contributed by atoms with van der Waals surface area (Å²) >= 11 is 1.69. The SMILES string of the molecule is Cc1cccc2nc(C(C)(C)N)sc12. The van der Waals surface area contributed by atoms with Gasteiger partial charge in [0.1, 0.15) is 5.01 Å². The highest BCUT2D eigenvalue weighted by Gasteiger charge is 2.19. The minimum atomic E-state index is -0.337. The highest BCUT2D eigenvalue weighted by molar-refractivity contribution is 7.18. The van der Waals surface area contributed by atoms with Crippen LogP contribution in [0, 0.1) is 6.92 Å². The van der Waals surface area contributed by atoms with E-state index >= 15 is 0 Å². The molecule has 14 heavy (non-hydrogen) atoms. The summed E-state index contributed by atoms with van der Waals surface area (Å²) in [6.45, 7) is 6.08. The van der Waals surface area contributed by atoms with E-state index in [1.54, 1.807) is 11.3 Å². The highest BCUT2D eigenvalue weighted by Crippen LogP contribution is 2.30. The van der Waals surface area contributed by atoms with Crippen LogP contribution in [0.3, 0.4) is 0 Å². The molecule has 0 amide bonds. The standard InChI is InChI=1S/C11H14N2S/c1-7-5-4-6-8-9(7)14-10(13-8)11(2,3)12/h4-6H,12H2,1-3H3. The van der Waals surface area contributed by atoms with E-state index < -0.39 is 0 Å². The Bertz CT molecular complexity index is 466. The van der Waals surface area contributed by atoms with E-state index in [-0.39, 0.29) is 5.54 Å². The third-order valence-corrected chi connectivity index (χ3v) is 3.71. The van der Waals surface area contributed by atoms with Crippen molar-refractivity contribution in [2.75, 3.05) is 0 Å². The van der Waals surface area contributed by atoms with E-state index in [2.05, 4.69) is 18.0 Å². The topological polar surface area (TPSA) is 38.9 Å². The lowest BCUT2D eigenvalue weighted by molar-refractivity contribution is 0.551. The predicted octanol–water partition coefficient (Wildman–Crippen LogP) is 2.80. The number of fused-ring (bicyclic) bond motifs is 1. The van der Waals surface area contributed by atoms with E-state index in [1.165, 1.54) is 10.3 Å². The molecule has 2 N–H and O–H groups in total. The number of hydrogen-bond acceptors (Lipinski definition) is 3. The lowest BCUT2D eigenvalue weighted by Gasteiger charge is -2.13. The molecule has 0 fully saturated rings. The summed E-state index contributed by atoms with van der Waals surface area (Å²) in [6, 6.07) is 6.17. The summed E-state index contributed by atoms with van der Waals surface area (Å²) in [5, 5.41) is 1.00. The number of aryl methyl sites for hydroxylation is 1. The quantitative estimate of drug-likeness (QED) is 0.779. The van der Waals surface area contributed by atoms with E-state index in [9.17, 15) is 0 Å². The first kappa shape index (κ1) is 9.62. The Balaban J connectivity index is 2.69. The zero-order chi connectivity index (χ0) is 10.3. The number of nitrogens with zero attached hydrogens (tertiary/aromatic N) is 1. The van der Waals surface area contributed by atoms with E-state index in [0.717, 1.165) is 10.5 Å². The summed E-state index contributed by atoms with van der Waals surface area (Å²) in [7, 11) is 0. The summed E-state index contributed by atoms with van der Waals surface area (Å²) in [5.41, 5.74) is 8.01. The minimum Gasteiger partial charge on any atom is -0.320 e. The molecule has 0 saturated carbocycles. The van der Waals surface area contributed by atoms with Crippen molar-refractivity contribution in [1.29, 1.82) is 0 Å². The van der Waals surface area contributed by atoms with E-state index in [1.807, 2.05) is 26.0 Å². The zero-order valence-electron chi connectivity index (χ0n) is 8.66. The van der Waals surface area contributed by atoms with Gasteiger partial charge in [0, 0.05) is 0 Å². The predicted molar refractivity (Wildman–Crippen MR) is 61.6 cm³/mol. The van der Waals surface area contributed by atoms with Gasteiger partial charge >= 0.3 is 0 Å². The fourth-order valence-corrected chi connectivity index (χ4v) is 2.41. The van der Waals surface area contributed by atoms with Crippen LogP contribution in [-0.4, -0.2) is 4.98 Å². The van der Waals surface area contributed by atoms with Gasteiger partial charge in [-0.2, -0.15) is 0 Å². The van der Waals surface area contributed by atoms with Crippen LogP contribution in [0.1, 0.15) is 24.4 Å². The van der Waals surface area contributed by atoms with Crippen LogP contribution in [-0.2, 0) is 5.54 Å². The number of hydrogen-bond donors (Lipinski definition) is 1. The first-order chi connectivity index (χ1) is 6.48. The molecule has 0 spiro atoms. The normalized spacial score (nSPS) is 12.3. The van der Waals surface area contributed by atoms with Crippen LogP contribution >= 0.6 is 11.3 Å². The van der Waals surface area contributed by atoms with Crippen molar-refractivity contribution in [3.05, 3.63) is 28.8 Å². The Morgan fingerprint density at radius 1 is 1.36 bits per heavy atom. The lowest BCUT2D eigenvalue weighted by Crippen LogP contribution is -2.28. The van der Waals surface area contributed by atoms with Gasteiger partial charge in [-0.1, -0.05) is 12.1 Å². The molecule has 74 valence electrons. The van der Waals surface area contributed by atoms with Crippen molar-refractivity contribution in [2.45, 2.75) is 26.3 Å². The molecule has 0 aliphatic rings. The van der Waals surface area contributed by atoms with Crippen molar-refractivity contribution in [3.63, 3.8) is 0 Å². The van der Waals surface area contributed by atoms with Crippen molar-refractivity contribution in [3.8, 4) is 0 Å². The average Bonchev–Trinajstić information content (AvgIpc) is 2.48. The second-order valence-corrected chi connectivity index (χ2v) is 5.16. The maximum Gasteiger partial charge on any atom is 0.113 e. The highest BCUT2D eigenvalue weighted by atomic mass is 32.1. The van der Waals surface area contributed by atoms with Gasteiger partial charge in [0.25, 0.3) is 0 Å². The molecular formula is C11H14N2S. The summed E-state index contributed by atoms with van der Waals surface area (Å²) in [4.78, 5) is 4.54. The van der Waals surface area contributed by atoms with Gasteiger partial charge in [-0.05, 0) is 32.4 Å². The Hall–Kier alpha value is -0.930. The van der Waals surface area contributed by atoms with E-state index in [0.29, 0.717) is 0 Å². The van der Waals surface area contributed by atoms with Crippen LogP contribution < -0.4 is 5.73 Å². The fraction of sp³-hybridized carbons (Fsp3) is 0.364. The molecule has 1 heterocycles. The molecule has 2 aromatic rings. The van der Waals surface area contributed by atoms with Gasteiger partial charge in [0.05, 0.1) is 15.8 Å². The molecule has 0 saturated heterocycles. The number of nitrogens with two attached hydrogens (primary N) is 1. The summed E-state index contributed by atoms with van der Waals surface area (Å²) in [5.74, 6) is 0. The van der Waals surface area contributed by atoms with Crippen molar-refractivity contribution < 1.29 is 0 Å². The molecule has 1 aromatic heterocycles. The Morgan fingerprint density at radius 2 is 2.07 bits per heavy atom. The molecule has 0 atom stereocenters. The second-order valence-electron chi connectivity index (χ2n) is 4.16. The second kappa shape index (κ2) is 3.04. The number of rotatable bonds is 1. The first-order valence-corrected chi connectivity index (χ1v) is 5.45. The molecule has 2 nitrogen and oxygen atoms in total. The van der Waals surface area contributed by atoms with Crippen molar-refractivity contribution in [1.82, 2.24) is 4.98 Å². The van der Waals surface area contributed by atoms with Gasteiger partial charge < -0.3 is 5.73 Å². The van der Waals surface area contributed by atoms with Gasteiger partial charge in [-0.3, -0.25) is 0 Å². The summed E-state index contributed by atoms with van der Waals surface area (Å²) < 4.78 is 1.25. The zero-order valence-corrected chi connectivity index (χ0v) is 9.48. The van der Waals surface area contributed by atoms with Crippen molar-refractivity contribution in [2.24, 2.45) is 5.73 Å². The third kappa shape index (κ3) is 1.53. The Kier molecular flexibility index (Phi) is 2.09. The molecule has 2 rings (SSSR count). The smallest absolute Gasteiger partial charge is 0.113 e. The minimum absolute atomic E-state index is 0.337. The molecule has 0 unspecified atom stereocenters. The van der Waals surface area contributed by atoms with Crippen LogP contribution in [0.5, 0.6) is 0 Å². The average molecular weight is 206 g/mol. The third-order valence-electron chi connectivity index (χ3n) is 2.16. The fourth-order valence-electron chi connectivity index (χ4n) is 1.36. The van der Waals surface area contributed by atoms with Gasteiger partial charge in [0.15, 0.2) is 0 Å². The molecule has 0 radical (unpaired) electrons. The summed E-state index contributed by atoms with van der Waals surface area (Å²) in [6.07, 6.45) is 0. The lowest BCUT2D eigenvalue weighted by atomic mass is 10.1. The van der Waals surface area contributed by atoms with Crippen LogP contribution in [0.25, 0.3) is 10.2 Å². The number of benzene rings is 1. The number of aromatic nitrogens is 1. The van der Waals surface area contributed by atoms with Crippen molar-refractivity contribution >= 4 is 21.6 Å². The maximum atomic E-state index is 6.02. The van der Waals surface area contributed by atoms with Gasteiger partial charge in [-0.15, -0.1) is 11.3 Å².